The number of likely N-dealkylation sites (tertiary alicyclic amines) is 2. The van der Waals surface area contributed by atoms with Crippen LogP contribution < -0.4 is 0 Å². The second-order valence-electron chi connectivity index (χ2n) is 7.49. The summed E-state index contributed by atoms with van der Waals surface area (Å²) in [6.07, 6.45) is 6.18. The molecule has 2 fully saturated rings. The average molecular weight is 337 g/mol. The number of hydrogen-bond donors (Lipinski definition) is 0. The largest absolute Gasteiger partial charge is 0.337 e. The monoisotopic (exact) mass is 337 g/mol. The van der Waals surface area contributed by atoms with Crippen molar-refractivity contribution in [3.63, 3.8) is 0 Å². The third-order valence-electron chi connectivity index (χ3n) is 5.67. The first-order chi connectivity index (χ1) is 12.3. The molecule has 25 heavy (non-hydrogen) atoms. The Morgan fingerprint density at radius 1 is 0.960 bits per heavy atom. The maximum atomic E-state index is 12.9. The number of para-hydroxylation sites is 1. The summed E-state index contributed by atoms with van der Waals surface area (Å²) >= 11 is 0. The lowest BCUT2D eigenvalue weighted by atomic mass is 10.0. The van der Waals surface area contributed by atoms with Crippen molar-refractivity contribution < 1.29 is 4.79 Å². The van der Waals surface area contributed by atoms with Crippen LogP contribution in [0.15, 0.2) is 36.4 Å². The first kappa shape index (κ1) is 16.5. The van der Waals surface area contributed by atoms with Gasteiger partial charge in [-0.15, -0.1) is 0 Å². The van der Waals surface area contributed by atoms with E-state index in [0.29, 0.717) is 5.69 Å². The van der Waals surface area contributed by atoms with Crippen LogP contribution in [0.4, 0.5) is 0 Å². The molecule has 0 saturated carbocycles. The molecule has 0 spiro atoms. The lowest BCUT2D eigenvalue weighted by Crippen LogP contribution is -2.33. The van der Waals surface area contributed by atoms with Gasteiger partial charge in [-0.1, -0.05) is 24.3 Å². The Morgan fingerprint density at radius 3 is 2.68 bits per heavy atom. The molecule has 4 nitrogen and oxygen atoms in total. The third-order valence-corrected chi connectivity index (χ3v) is 5.67. The van der Waals surface area contributed by atoms with Crippen molar-refractivity contribution in [2.24, 2.45) is 5.92 Å². The number of rotatable bonds is 3. The van der Waals surface area contributed by atoms with E-state index in [2.05, 4.69) is 9.88 Å². The van der Waals surface area contributed by atoms with Gasteiger partial charge in [-0.05, 0) is 63.2 Å². The summed E-state index contributed by atoms with van der Waals surface area (Å²) in [4.78, 5) is 22.1. The van der Waals surface area contributed by atoms with E-state index in [1.54, 1.807) is 0 Å². The molecule has 0 bridgehead atoms. The van der Waals surface area contributed by atoms with E-state index in [1.165, 1.54) is 38.9 Å². The summed E-state index contributed by atoms with van der Waals surface area (Å²) in [5.41, 5.74) is 1.48. The highest BCUT2D eigenvalue weighted by Crippen LogP contribution is 2.22. The van der Waals surface area contributed by atoms with Gasteiger partial charge in [-0.25, -0.2) is 4.98 Å². The number of pyridine rings is 1. The van der Waals surface area contributed by atoms with E-state index in [4.69, 9.17) is 0 Å². The first-order valence-electron chi connectivity index (χ1n) is 9.67. The third kappa shape index (κ3) is 3.84. The van der Waals surface area contributed by atoms with Crippen molar-refractivity contribution in [3.05, 3.63) is 42.1 Å². The maximum Gasteiger partial charge on any atom is 0.272 e. The molecular weight excluding hydrogens is 310 g/mol. The van der Waals surface area contributed by atoms with Crippen LogP contribution in [-0.4, -0.2) is 53.4 Å². The molecule has 0 N–H and O–H groups in total. The van der Waals surface area contributed by atoms with Gasteiger partial charge >= 0.3 is 0 Å². The molecule has 1 aromatic carbocycles. The topological polar surface area (TPSA) is 36.4 Å². The lowest BCUT2D eigenvalue weighted by Gasteiger charge is -2.23. The summed E-state index contributed by atoms with van der Waals surface area (Å²) in [6, 6.07) is 11.9. The van der Waals surface area contributed by atoms with Gasteiger partial charge in [0.1, 0.15) is 5.69 Å². The Kier molecular flexibility index (Phi) is 4.97. The normalized spacial score (nSPS) is 22.2. The summed E-state index contributed by atoms with van der Waals surface area (Å²) in [5, 5.41) is 1.08. The van der Waals surface area contributed by atoms with Crippen molar-refractivity contribution in [2.45, 2.75) is 32.1 Å². The van der Waals surface area contributed by atoms with Crippen molar-refractivity contribution >= 4 is 16.8 Å². The molecule has 1 aromatic heterocycles. The SMILES string of the molecule is O=C(c1ccc2ccccc2n1)N1CCCC(CN2CCCC2)CC1. The predicted octanol–water partition coefficient (Wildman–Crippen LogP) is 3.57. The van der Waals surface area contributed by atoms with E-state index < -0.39 is 0 Å². The first-order valence-corrected chi connectivity index (χ1v) is 9.67. The van der Waals surface area contributed by atoms with Crippen LogP contribution in [0.5, 0.6) is 0 Å². The molecule has 4 heteroatoms. The molecule has 2 aliphatic heterocycles. The van der Waals surface area contributed by atoms with E-state index in [-0.39, 0.29) is 5.91 Å². The Morgan fingerprint density at radius 2 is 1.80 bits per heavy atom. The molecule has 132 valence electrons. The van der Waals surface area contributed by atoms with E-state index in [1.807, 2.05) is 41.3 Å². The highest BCUT2D eigenvalue weighted by molar-refractivity contribution is 5.94. The number of aromatic nitrogens is 1. The number of benzene rings is 1. The Hall–Kier alpha value is -1.94. The van der Waals surface area contributed by atoms with Crippen molar-refractivity contribution in [2.75, 3.05) is 32.7 Å². The van der Waals surface area contributed by atoms with Crippen molar-refractivity contribution in [1.29, 1.82) is 0 Å². The lowest BCUT2D eigenvalue weighted by molar-refractivity contribution is 0.0753. The van der Waals surface area contributed by atoms with Gasteiger partial charge in [-0.3, -0.25) is 4.79 Å². The molecule has 0 aliphatic carbocycles. The van der Waals surface area contributed by atoms with Crippen molar-refractivity contribution in [1.82, 2.24) is 14.8 Å². The van der Waals surface area contributed by atoms with Crippen LogP contribution >= 0.6 is 0 Å². The molecule has 2 aromatic rings. The number of hydrogen-bond acceptors (Lipinski definition) is 3. The zero-order valence-electron chi connectivity index (χ0n) is 14.9. The molecule has 1 atom stereocenters. The summed E-state index contributed by atoms with van der Waals surface area (Å²) in [7, 11) is 0. The van der Waals surface area contributed by atoms with Crippen LogP contribution in [0.25, 0.3) is 10.9 Å². The zero-order valence-corrected chi connectivity index (χ0v) is 14.9. The van der Waals surface area contributed by atoms with Crippen LogP contribution in [0.3, 0.4) is 0 Å². The minimum atomic E-state index is 0.0903. The highest BCUT2D eigenvalue weighted by Gasteiger charge is 2.24. The zero-order chi connectivity index (χ0) is 17.1. The molecule has 1 amide bonds. The smallest absolute Gasteiger partial charge is 0.272 e. The average Bonchev–Trinajstić information content (AvgIpc) is 3.05. The summed E-state index contributed by atoms with van der Waals surface area (Å²) in [5.74, 6) is 0.827. The van der Waals surface area contributed by atoms with Crippen molar-refractivity contribution in [3.8, 4) is 0 Å². The van der Waals surface area contributed by atoms with Crippen LogP contribution in [0.2, 0.25) is 0 Å². The van der Waals surface area contributed by atoms with Crippen LogP contribution in [0.1, 0.15) is 42.6 Å². The van der Waals surface area contributed by atoms with Gasteiger partial charge in [0.25, 0.3) is 5.91 Å². The van der Waals surface area contributed by atoms with Gasteiger partial charge in [0.2, 0.25) is 0 Å². The van der Waals surface area contributed by atoms with Gasteiger partial charge in [-0.2, -0.15) is 0 Å². The summed E-state index contributed by atoms with van der Waals surface area (Å²) in [6.45, 7) is 5.48. The molecule has 1 unspecified atom stereocenters. The van der Waals surface area contributed by atoms with E-state index in [0.717, 1.165) is 42.8 Å². The molecule has 2 saturated heterocycles. The number of fused-ring (bicyclic) bond motifs is 1. The fourth-order valence-electron chi connectivity index (χ4n) is 4.23. The van der Waals surface area contributed by atoms with Gasteiger partial charge in [0, 0.05) is 25.0 Å². The molecule has 2 aliphatic rings. The number of carbonyl (C=O) groups excluding carboxylic acids is 1. The summed E-state index contributed by atoms with van der Waals surface area (Å²) < 4.78 is 0. The second-order valence-corrected chi connectivity index (χ2v) is 7.49. The molecule has 3 heterocycles. The van der Waals surface area contributed by atoms with E-state index >= 15 is 0 Å². The highest BCUT2D eigenvalue weighted by atomic mass is 16.2. The quantitative estimate of drug-likeness (QED) is 0.859. The minimum Gasteiger partial charge on any atom is -0.337 e. The Labute approximate surface area is 149 Å². The maximum absolute atomic E-state index is 12.9. The van der Waals surface area contributed by atoms with Gasteiger partial charge in [0.15, 0.2) is 0 Å². The minimum absolute atomic E-state index is 0.0903. The van der Waals surface area contributed by atoms with Gasteiger partial charge in [0.05, 0.1) is 5.52 Å². The fraction of sp³-hybridized carbons (Fsp3) is 0.524. The van der Waals surface area contributed by atoms with Crippen LogP contribution in [0, 0.1) is 5.92 Å². The Balaban J connectivity index is 1.41. The molecule has 4 rings (SSSR count). The second kappa shape index (κ2) is 7.52. The van der Waals surface area contributed by atoms with Crippen LogP contribution in [-0.2, 0) is 0 Å². The molecular formula is C21H27N3O. The molecule has 0 radical (unpaired) electrons. The number of amides is 1. The fourth-order valence-corrected chi connectivity index (χ4v) is 4.23. The number of carbonyl (C=O) groups is 1. The van der Waals surface area contributed by atoms with E-state index in [9.17, 15) is 4.79 Å². The standard InChI is InChI=1S/C21H27N3O/c25-21(20-10-9-18-7-1-2-8-19(18)22-20)24-14-5-6-17(11-15-24)16-23-12-3-4-13-23/h1-2,7-10,17H,3-6,11-16H2. The van der Waals surface area contributed by atoms with Gasteiger partial charge < -0.3 is 9.80 Å². The number of nitrogens with zero attached hydrogens (tertiary/aromatic N) is 3. The Bertz CT molecular complexity index is 739. The predicted molar refractivity (Wildman–Crippen MR) is 101 cm³/mol.